The van der Waals surface area contributed by atoms with Crippen LogP contribution in [-0.4, -0.2) is 27.6 Å². The Labute approximate surface area is 117 Å². The molecule has 2 aliphatic heterocycles. The average molecular weight is 267 g/mol. The lowest BCUT2D eigenvalue weighted by atomic mass is 9.85. The first-order valence-electron chi connectivity index (χ1n) is 7.22. The summed E-state index contributed by atoms with van der Waals surface area (Å²) in [6.45, 7) is 0. The van der Waals surface area contributed by atoms with Crippen LogP contribution in [0.15, 0.2) is 42.6 Å². The van der Waals surface area contributed by atoms with E-state index in [1.807, 2.05) is 36.4 Å². The highest BCUT2D eigenvalue weighted by Crippen LogP contribution is 2.35. The van der Waals surface area contributed by atoms with Gasteiger partial charge in [-0.1, -0.05) is 18.2 Å². The number of ketones is 1. The standard InChI is InChI=1S/C16H17N3O/c20-16(13-10-11-6-7-14(13)18-11)15-8-9-17-19(15)12-4-2-1-3-5-12/h1-5,8-9,11,13-14,18H,6-7,10H2. The number of Topliss-reactive ketones (excluding diaryl/α,β-unsaturated/α-hetero) is 1. The van der Waals surface area contributed by atoms with Gasteiger partial charge in [0, 0.05) is 18.0 Å². The van der Waals surface area contributed by atoms with Crippen LogP contribution in [0.3, 0.4) is 0 Å². The molecule has 2 saturated heterocycles. The molecule has 4 heteroatoms. The fourth-order valence-corrected chi connectivity index (χ4v) is 3.57. The number of rotatable bonds is 3. The number of nitrogens with zero attached hydrogens (tertiary/aromatic N) is 2. The summed E-state index contributed by atoms with van der Waals surface area (Å²) in [7, 11) is 0. The van der Waals surface area contributed by atoms with Crippen LogP contribution < -0.4 is 5.32 Å². The summed E-state index contributed by atoms with van der Waals surface area (Å²) >= 11 is 0. The van der Waals surface area contributed by atoms with Gasteiger partial charge in [-0.05, 0) is 37.5 Å². The molecular formula is C16H17N3O. The second kappa shape index (κ2) is 4.56. The van der Waals surface area contributed by atoms with Crippen molar-refractivity contribution in [3.05, 3.63) is 48.3 Å². The van der Waals surface area contributed by atoms with E-state index >= 15 is 0 Å². The molecule has 0 saturated carbocycles. The molecule has 3 heterocycles. The molecule has 1 aromatic heterocycles. The lowest BCUT2D eigenvalue weighted by Crippen LogP contribution is -2.30. The van der Waals surface area contributed by atoms with Gasteiger partial charge in [0.1, 0.15) is 5.69 Å². The number of fused-ring (bicyclic) bond motifs is 2. The second-order valence-corrected chi connectivity index (χ2v) is 5.72. The third kappa shape index (κ3) is 1.79. The summed E-state index contributed by atoms with van der Waals surface area (Å²) in [5, 5.41) is 7.85. The van der Waals surface area contributed by atoms with Gasteiger partial charge in [0.2, 0.25) is 0 Å². The Kier molecular flexibility index (Phi) is 2.70. The highest BCUT2D eigenvalue weighted by molar-refractivity contribution is 5.97. The van der Waals surface area contributed by atoms with Gasteiger partial charge >= 0.3 is 0 Å². The summed E-state index contributed by atoms with van der Waals surface area (Å²) in [5.41, 5.74) is 1.65. The van der Waals surface area contributed by atoms with Crippen molar-refractivity contribution in [2.75, 3.05) is 0 Å². The zero-order valence-corrected chi connectivity index (χ0v) is 11.2. The van der Waals surface area contributed by atoms with Gasteiger partial charge < -0.3 is 5.32 Å². The Balaban J connectivity index is 1.67. The Hall–Kier alpha value is -1.94. The minimum Gasteiger partial charge on any atom is -0.310 e. The van der Waals surface area contributed by atoms with Crippen LogP contribution in [0.5, 0.6) is 0 Å². The smallest absolute Gasteiger partial charge is 0.185 e. The van der Waals surface area contributed by atoms with Gasteiger partial charge in [-0.25, -0.2) is 4.68 Å². The molecule has 1 aromatic carbocycles. The number of para-hydroxylation sites is 1. The Bertz CT molecular complexity index is 634. The molecule has 2 bridgehead atoms. The van der Waals surface area contributed by atoms with Gasteiger partial charge in [-0.15, -0.1) is 0 Å². The van der Waals surface area contributed by atoms with Gasteiger partial charge in [0.15, 0.2) is 5.78 Å². The summed E-state index contributed by atoms with van der Waals surface area (Å²) in [5.74, 6) is 0.346. The second-order valence-electron chi connectivity index (χ2n) is 5.72. The van der Waals surface area contributed by atoms with E-state index in [-0.39, 0.29) is 11.7 Å². The van der Waals surface area contributed by atoms with E-state index < -0.39 is 0 Å². The lowest BCUT2D eigenvalue weighted by Gasteiger charge is -2.19. The molecule has 4 rings (SSSR count). The number of carbonyl (C=O) groups excluding carboxylic acids is 1. The predicted octanol–water partition coefficient (Wildman–Crippen LogP) is 2.20. The molecule has 2 aliphatic rings. The largest absolute Gasteiger partial charge is 0.310 e. The zero-order chi connectivity index (χ0) is 13.5. The van der Waals surface area contributed by atoms with Crippen molar-refractivity contribution in [1.29, 1.82) is 0 Å². The third-order valence-corrected chi connectivity index (χ3v) is 4.53. The Morgan fingerprint density at radius 2 is 2.05 bits per heavy atom. The van der Waals surface area contributed by atoms with Crippen molar-refractivity contribution in [2.24, 2.45) is 5.92 Å². The molecule has 3 unspecified atom stereocenters. The summed E-state index contributed by atoms with van der Waals surface area (Å²) < 4.78 is 1.76. The molecule has 2 fully saturated rings. The molecule has 0 spiro atoms. The summed E-state index contributed by atoms with van der Waals surface area (Å²) in [6.07, 6.45) is 5.03. The minimum absolute atomic E-state index is 0.118. The minimum atomic E-state index is 0.118. The first kappa shape index (κ1) is 11.9. The van der Waals surface area contributed by atoms with Crippen LogP contribution >= 0.6 is 0 Å². The van der Waals surface area contributed by atoms with E-state index in [0.29, 0.717) is 17.8 Å². The fraction of sp³-hybridized carbons (Fsp3) is 0.375. The normalized spacial score (nSPS) is 27.9. The van der Waals surface area contributed by atoms with Crippen molar-refractivity contribution in [2.45, 2.75) is 31.3 Å². The number of hydrogen-bond donors (Lipinski definition) is 1. The van der Waals surface area contributed by atoms with E-state index in [9.17, 15) is 4.79 Å². The lowest BCUT2D eigenvalue weighted by molar-refractivity contribution is 0.0892. The van der Waals surface area contributed by atoms with Crippen LogP contribution in [0.2, 0.25) is 0 Å². The molecule has 2 aromatic rings. The SMILES string of the molecule is O=C(c1ccnn1-c1ccccc1)C1CC2CCC1N2. The number of hydrogen-bond acceptors (Lipinski definition) is 3. The molecule has 3 atom stereocenters. The Morgan fingerprint density at radius 3 is 2.75 bits per heavy atom. The molecule has 1 N–H and O–H groups in total. The van der Waals surface area contributed by atoms with E-state index in [2.05, 4.69) is 10.4 Å². The molecule has 0 aliphatic carbocycles. The molecular weight excluding hydrogens is 250 g/mol. The van der Waals surface area contributed by atoms with Gasteiger partial charge in [0.25, 0.3) is 0 Å². The molecule has 20 heavy (non-hydrogen) atoms. The Morgan fingerprint density at radius 1 is 1.20 bits per heavy atom. The maximum atomic E-state index is 12.8. The number of carbonyl (C=O) groups is 1. The predicted molar refractivity (Wildman–Crippen MR) is 75.9 cm³/mol. The van der Waals surface area contributed by atoms with Gasteiger partial charge in [-0.3, -0.25) is 4.79 Å². The van der Waals surface area contributed by atoms with E-state index in [1.165, 1.54) is 6.42 Å². The molecule has 102 valence electrons. The van der Waals surface area contributed by atoms with Crippen molar-refractivity contribution >= 4 is 5.78 Å². The van der Waals surface area contributed by atoms with Crippen molar-refractivity contribution in [3.8, 4) is 5.69 Å². The first-order valence-corrected chi connectivity index (χ1v) is 7.22. The number of benzene rings is 1. The number of aromatic nitrogens is 2. The van der Waals surface area contributed by atoms with Crippen LogP contribution in [0, 0.1) is 5.92 Å². The average Bonchev–Trinajstić information content (AvgIpc) is 3.23. The highest BCUT2D eigenvalue weighted by atomic mass is 16.1. The summed E-state index contributed by atoms with van der Waals surface area (Å²) in [4.78, 5) is 12.8. The van der Waals surface area contributed by atoms with Crippen LogP contribution in [0.25, 0.3) is 5.69 Å². The maximum Gasteiger partial charge on any atom is 0.185 e. The van der Waals surface area contributed by atoms with Crippen LogP contribution in [-0.2, 0) is 0 Å². The van der Waals surface area contributed by atoms with E-state index in [4.69, 9.17) is 0 Å². The van der Waals surface area contributed by atoms with Crippen molar-refractivity contribution in [3.63, 3.8) is 0 Å². The topological polar surface area (TPSA) is 46.9 Å². The summed E-state index contributed by atoms with van der Waals surface area (Å²) in [6, 6.07) is 12.6. The quantitative estimate of drug-likeness (QED) is 0.867. The maximum absolute atomic E-state index is 12.8. The third-order valence-electron chi connectivity index (χ3n) is 4.53. The monoisotopic (exact) mass is 267 g/mol. The fourth-order valence-electron chi connectivity index (χ4n) is 3.57. The molecule has 0 radical (unpaired) electrons. The molecule has 4 nitrogen and oxygen atoms in total. The van der Waals surface area contributed by atoms with Gasteiger partial charge in [-0.2, -0.15) is 5.10 Å². The molecule has 0 amide bonds. The van der Waals surface area contributed by atoms with Gasteiger partial charge in [0.05, 0.1) is 11.9 Å². The van der Waals surface area contributed by atoms with Crippen LogP contribution in [0.1, 0.15) is 29.8 Å². The van der Waals surface area contributed by atoms with E-state index in [1.54, 1.807) is 10.9 Å². The van der Waals surface area contributed by atoms with Crippen molar-refractivity contribution < 1.29 is 4.79 Å². The highest BCUT2D eigenvalue weighted by Gasteiger charge is 2.43. The first-order chi connectivity index (χ1) is 9.83. The zero-order valence-electron chi connectivity index (χ0n) is 11.2. The number of nitrogens with one attached hydrogen (secondary N) is 1. The van der Waals surface area contributed by atoms with Crippen LogP contribution in [0.4, 0.5) is 0 Å². The van der Waals surface area contributed by atoms with E-state index in [0.717, 1.165) is 18.5 Å². The van der Waals surface area contributed by atoms with Crippen molar-refractivity contribution in [1.82, 2.24) is 15.1 Å².